The standard InChI is InChI=1S/C15H15N3O2S/c1-18(15(20)13-7-16-11-17-8-13)9-12-6-14(21-10-12)4-2-3-5-19/h6-8,10-11,19H,3,5,9H2,1H3. The molecule has 21 heavy (non-hydrogen) atoms. The second kappa shape index (κ2) is 7.53. The molecule has 0 bridgehead atoms. The lowest BCUT2D eigenvalue weighted by Gasteiger charge is -2.15. The molecule has 1 amide bonds. The third kappa shape index (κ3) is 4.38. The number of aliphatic hydroxyl groups excluding tert-OH is 1. The number of thiophene rings is 1. The molecular formula is C15H15N3O2S. The van der Waals surface area contributed by atoms with Gasteiger partial charge in [0.15, 0.2) is 0 Å². The van der Waals surface area contributed by atoms with Crippen molar-refractivity contribution in [1.82, 2.24) is 14.9 Å². The molecule has 2 aromatic heterocycles. The van der Waals surface area contributed by atoms with E-state index in [-0.39, 0.29) is 12.5 Å². The third-order valence-electron chi connectivity index (χ3n) is 2.68. The highest BCUT2D eigenvalue weighted by atomic mass is 32.1. The Balaban J connectivity index is 1.99. The molecule has 6 heteroatoms. The smallest absolute Gasteiger partial charge is 0.257 e. The normalized spacial score (nSPS) is 9.81. The molecule has 0 spiro atoms. The van der Waals surface area contributed by atoms with E-state index in [0.717, 1.165) is 10.4 Å². The minimum Gasteiger partial charge on any atom is -0.395 e. The van der Waals surface area contributed by atoms with E-state index in [1.165, 1.54) is 30.1 Å². The molecule has 108 valence electrons. The van der Waals surface area contributed by atoms with Gasteiger partial charge in [-0.1, -0.05) is 11.8 Å². The Hall–Kier alpha value is -2.23. The van der Waals surface area contributed by atoms with Gasteiger partial charge in [-0.25, -0.2) is 9.97 Å². The van der Waals surface area contributed by atoms with E-state index in [9.17, 15) is 4.79 Å². The van der Waals surface area contributed by atoms with Crippen LogP contribution in [0.5, 0.6) is 0 Å². The van der Waals surface area contributed by atoms with Crippen LogP contribution in [0.15, 0.2) is 30.2 Å². The Morgan fingerprint density at radius 1 is 1.43 bits per heavy atom. The van der Waals surface area contributed by atoms with E-state index in [0.29, 0.717) is 18.5 Å². The van der Waals surface area contributed by atoms with Gasteiger partial charge in [0.05, 0.1) is 17.0 Å². The predicted molar refractivity (Wildman–Crippen MR) is 80.7 cm³/mol. The minimum atomic E-state index is -0.116. The average molecular weight is 301 g/mol. The fourth-order valence-electron chi connectivity index (χ4n) is 1.71. The molecule has 0 saturated carbocycles. The zero-order valence-electron chi connectivity index (χ0n) is 11.6. The van der Waals surface area contributed by atoms with Crippen molar-refractivity contribution in [3.05, 3.63) is 46.2 Å². The van der Waals surface area contributed by atoms with Crippen molar-refractivity contribution in [1.29, 1.82) is 0 Å². The highest BCUT2D eigenvalue weighted by Gasteiger charge is 2.13. The minimum absolute atomic E-state index is 0.0711. The van der Waals surface area contributed by atoms with Crippen molar-refractivity contribution in [2.75, 3.05) is 13.7 Å². The Labute approximate surface area is 127 Å². The predicted octanol–water partition coefficient (Wildman–Crippen LogP) is 1.54. The van der Waals surface area contributed by atoms with Crippen LogP contribution in [0.4, 0.5) is 0 Å². The molecule has 0 unspecified atom stereocenters. The number of hydrogen-bond donors (Lipinski definition) is 1. The van der Waals surface area contributed by atoms with Crippen LogP contribution in [-0.2, 0) is 6.54 Å². The van der Waals surface area contributed by atoms with Crippen molar-refractivity contribution in [3.8, 4) is 11.8 Å². The molecule has 0 saturated heterocycles. The largest absolute Gasteiger partial charge is 0.395 e. The summed E-state index contributed by atoms with van der Waals surface area (Å²) in [4.78, 5) is 22.4. The molecule has 5 nitrogen and oxygen atoms in total. The number of hydrogen-bond acceptors (Lipinski definition) is 5. The van der Waals surface area contributed by atoms with Crippen molar-refractivity contribution >= 4 is 17.2 Å². The van der Waals surface area contributed by atoms with Gasteiger partial charge in [-0.15, -0.1) is 11.3 Å². The Bertz CT molecular complexity index is 658. The molecule has 0 aliphatic heterocycles. The van der Waals surface area contributed by atoms with E-state index < -0.39 is 0 Å². The van der Waals surface area contributed by atoms with Gasteiger partial charge in [0.1, 0.15) is 6.33 Å². The Kier molecular flexibility index (Phi) is 5.43. The molecule has 2 heterocycles. The summed E-state index contributed by atoms with van der Waals surface area (Å²) in [6.07, 6.45) is 4.88. The molecule has 2 aromatic rings. The van der Waals surface area contributed by atoms with Gasteiger partial charge >= 0.3 is 0 Å². The van der Waals surface area contributed by atoms with Crippen LogP contribution in [0.3, 0.4) is 0 Å². The van der Waals surface area contributed by atoms with E-state index in [1.54, 1.807) is 11.9 Å². The van der Waals surface area contributed by atoms with Gasteiger partial charge in [-0.05, 0) is 17.0 Å². The zero-order chi connectivity index (χ0) is 15.1. The lowest BCUT2D eigenvalue weighted by Crippen LogP contribution is -2.26. The molecule has 0 aliphatic rings. The molecule has 2 rings (SSSR count). The lowest BCUT2D eigenvalue weighted by atomic mass is 10.2. The fraction of sp³-hybridized carbons (Fsp3) is 0.267. The maximum Gasteiger partial charge on any atom is 0.257 e. The van der Waals surface area contributed by atoms with Gasteiger partial charge in [0.2, 0.25) is 0 Å². The molecule has 0 aliphatic carbocycles. The first-order valence-electron chi connectivity index (χ1n) is 6.38. The van der Waals surface area contributed by atoms with Crippen molar-refractivity contribution in [2.24, 2.45) is 0 Å². The molecule has 1 N–H and O–H groups in total. The fourth-order valence-corrected chi connectivity index (χ4v) is 2.48. The van der Waals surface area contributed by atoms with Gasteiger partial charge < -0.3 is 10.0 Å². The van der Waals surface area contributed by atoms with Gasteiger partial charge in [0, 0.05) is 32.4 Å². The third-order valence-corrected chi connectivity index (χ3v) is 3.57. The quantitative estimate of drug-likeness (QED) is 0.870. The number of carbonyl (C=O) groups is 1. The van der Waals surface area contributed by atoms with Crippen LogP contribution in [0.25, 0.3) is 0 Å². The highest BCUT2D eigenvalue weighted by Crippen LogP contribution is 2.16. The Morgan fingerprint density at radius 3 is 2.90 bits per heavy atom. The van der Waals surface area contributed by atoms with Gasteiger partial charge in [0.25, 0.3) is 5.91 Å². The van der Waals surface area contributed by atoms with E-state index in [1.807, 2.05) is 11.4 Å². The number of aromatic nitrogens is 2. The van der Waals surface area contributed by atoms with Crippen molar-refractivity contribution < 1.29 is 9.90 Å². The second-order valence-electron chi connectivity index (χ2n) is 4.38. The van der Waals surface area contributed by atoms with Crippen LogP contribution in [-0.4, -0.2) is 39.5 Å². The molecule has 0 fully saturated rings. The number of rotatable bonds is 4. The van der Waals surface area contributed by atoms with Crippen LogP contribution in [0.1, 0.15) is 27.2 Å². The van der Waals surface area contributed by atoms with E-state index in [4.69, 9.17) is 5.11 Å². The van der Waals surface area contributed by atoms with E-state index >= 15 is 0 Å². The Morgan fingerprint density at radius 2 is 2.19 bits per heavy atom. The summed E-state index contributed by atoms with van der Waals surface area (Å²) in [7, 11) is 1.74. The topological polar surface area (TPSA) is 66.3 Å². The summed E-state index contributed by atoms with van der Waals surface area (Å²) < 4.78 is 0. The summed E-state index contributed by atoms with van der Waals surface area (Å²) in [5.41, 5.74) is 1.50. The van der Waals surface area contributed by atoms with Crippen LogP contribution >= 0.6 is 11.3 Å². The van der Waals surface area contributed by atoms with Crippen LogP contribution in [0, 0.1) is 11.8 Å². The summed E-state index contributed by atoms with van der Waals surface area (Å²) >= 11 is 1.53. The maximum atomic E-state index is 12.2. The highest BCUT2D eigenvalue weighted by molar-refractivity contribution is 7.10. The van der Waals surface area contributed by atoms with Crippen molar-refractivity contribution in [3.63, 3.8) is 0 Å². The molecule has 0 aromatic carbocycles. The SMILES string of the molecule is CN(Cc1csc(C#CCCO)c1)C(=O)c1cncnc1. The zero-order valence-corrected chi connectivity index (χ0v) is 12.4. The average Bonchev–Trinajstić information content (AvgIpc) is 2.95. The number of carbonyl (C=O) groups excluding carboxylic acids is 1. The molecular weight excluding hydrogens is 286 g/mol. The number of aliphatic hydroxyl groups is 1. The lowest BCUT2D eigenvalue weighted by molar-refractivity contribution is 0.0784. The van der Waals surface area contributed by atoms with Gasteiger partial charge in [-0.3, -0.25) is 4.79 Å². The number of amides is 1. The van der Waals surface area contributed by atoms with Crippen LogP contribution in [0.2, 0.25) is 0 Å². The second-order valence-corrected chi connectivity index (χ2v) is 5.29. The summed E-state index contributed by atoms with van der Waals surface area (Å²) in [5.74, 6) is 5.75. The summed E-state index contributed by atoms with van der Waals surface area (Å²) in [6, 6.07) is 1.96. The van der Waals surface area contributed by atoms with Gasteiger partial charge in [-0.2, -0.15) is 0 Å². The number of nitrogens with zero attached hydrogens (tertiary/aromatic N) is 3. The first-order valence-corrected chi connectivity index (χ1v) is 7.26. The summed E-state index contributed by atoms with van der Waals surface area (Å²) in [6.45, 7) is 0.577. The first-order chi connectivity index (χ1) is 10.2. The monoisotopic (exact) mass is 301 g/mol. The first kappa shape index (κ1) is 15.2. The summed E-state index contributed by atoms with van der Waals surface area (Å²) in [5, 5.41) is 10.7. The van der Waals surface area contributed by atoms with Crippen molar-refractivity contribution in [2.45, 2.75) is 13.0 Å². The molecule has 0 atom stereocenters. The van der Waals surface area contributed by atoms with E-state index in [2.05, 4.69) is 21.8 Å². The maximum absolute atomic E-state index is 12.2. The van der Waals surface area contributed by atoms with Crippen LogP contribution < -0.4 is 0 Å². The molecule has 0 radical (unpaired) electrons.